The second kappa shape index (κ2) is 9.32. The molecule has 10 heteroatoms. The van der Waals surface area contributed by atoms with E-state index in [9.17, 15) is 22.8 Å². The van der Waals surface area contributed by atoms with Crippen molar-refractivity contribution in [1.82, 2.24) is 4.98 Å². The van der Waals surface area contributed by atoms with Crippen LogP contribution < -0.4 is 10.2 Å². The minimum absolute atomic E-state index is 0.0471. The van der Waals surface area contributed by atoms with Crippen LogP contribution in [0, 0.1) is 0 Å². The maximum absolute atomic E-state index is 13.0. The van der Waals surface area contributed by atoms with E-state index in [4.69, 9.17) is 11.6 Å². The minimum atomic E-state index is -4.54. The lowest BCUT2D eigenvalue weighted by molar-refractivity contribution is -0.137. The molecule has 1 aromatic heterocycles. The average molecular weight is 466 g/mol. The number of halogens is 4. The standard InChI is InChI=1S/C21H15ClF3N3O2S/c1-13(29)28(18-7-2-4-14(10-18)21(23,24)25)20-27-17(12-31-20)8-9-19(30)26-16-6-3-5-15(22)11-16/h2-12H,1H3,(H,26,30)/b9-8+. The summed E-state index contributed by atoms with van der Waals surface area (Å²) in [5.74, 6) is -0.916. The molecule has 160 valence electrons. The molecular weight excluding hydrogens is 451 g/mol. The number of benzene rings is 2. The largest absolute Gasteiger partial charge is 0.416 e. The number of nitrogens with one attached hydrogen (secondary N) is 1. The van der Waals surface area contributed by atoms with Crippen LogP contribution >= 0.6 is 22.9 Å². The zero-order valence-corrected chi connectivity index (χ0v) is 17.6. The lowest BCUT2D eigenvalue weighted by Gasteiger charge is -2.19. The molecule has 0 aliphatic rings. The van der Waals surface area contributed by atoms with E-state index in [1.807, 2.05) is 0 Å². The normalized spacial score (nSPS) is 11.5. The van der Waals surface area contributed by atoms with Crippen molar-refractivity contribution < 1.29 is 22.8 Å². The number of hydrogen-bond acceptors (Lipinski definition) is 4. The van der Waals surface area contributed by atoms with Gasteiger partial charge in [-0.25, -0.2) is 4.98 Å². The molecule has 3 rings (SSSR count). The maximum Gasteiger partial charge on any atom is 0.416 e. The first-order valence-electron chi connectivity index (χ1n) is 8.81. The van der Waals surface area contributed by atoms with Crippen LogP contribution in [0.2, 0.25) is 5.02 Å². The SMILES string of the molecule is CC(=O)N(c1cccc(C(F)(F)F)c1)c1nc(/C=C/C(=O)Nc2cccc(Cl)c2)cs1. The molecule has 0 bridgehead atoms. The average Bonchev–Trinajstić information content (AvgIpc) is 3.14. The molecule has 2 aromatic carbocycles. The molecule has 3 aromatic rings. The summed E-state index contributed by atoms with van der Waals surface area (Å²) in [6.07, 6.45) is -1.85. The van der Waals surface area contributed by atoms with Crippen LogP contribution in [-0.2, 0) is 15.8 Å². The Kier molecular flexibility index (Phi) is 6.77. The van der Waals surface area contributed by atoms with Crippen LogP contribution in [-0.4, -0.2) is 16.8 Å². The Bertz CT molecular complexity index is 1140. The number of aromatic nitrogens is 1. The molecule has 2 amide bonds. The van der Waals surface area contributed by atoms with E-state index in [2.05, 4.69) is 10.3 Å². The summed E-state index contributed by atoms with van der Waals surface area (Å²) in [4.78, 5) is 29.5. The summed E-state index contributed by atoms with van der Waals surface area (Å²) in [7, 11) is 0. The summed E-state index contributed by atoms with van der Waals surface area (Å²) >= 11 is 6.94. The fourth-order valence-corrected chi connectivity index (χ4v) is 3.66. The topological polar surface area (TPSA) is 62.3 Å². The third kappa shape index (κ3) is 5.93. The number of nitrogens with zero attached hydrogens (tertiary/aromatic N) is 2. The molecule has 0 aliphatic heterocycles. The Hall–Kier alpha value is -3.17. The van der Waals surface area contributed by atoms with E-state index < -0.39 is 23.6 Å². The van der Waals surface area contributed by atoms with Gasteiger partial charge in [0.25, 0.3) is 0 Å². The molecule has 1 N–H and O–H groups in total. The molecule has 0 atom stereocenters. The van der Waals surface area contributed by atoms with Crippen molar-refractivity contribution in [2.24, 2.45) is 0 Å². The molecule has 5 nitrogen and oxygen atoms in total. The smallest absolute Gasteiger partial charge is 0.322 e. The molecule has 0 unspecified atom stereocenters. The second-order valence-electron chi connectivity index (χ2n) is 6.29. The first kappa shape index (κ1) is 22.5. The van der Waals surface area contributed by atoms with Gasteiger partial charge in [0.1, 0.15) is 0 Å². The van der Waals surface area contributed by atoms with E-state index in [-0.39, 0.29) is 10.8 Å². The Morgan fingerprint density at radius 1 is 1.16 bits per heavy atom. The van der Waals surface area contributed by atoms with Crippen LogP contribution in [0.25, 0.3) is 6.08 Å². The first-order chi connectivity index (χ1) is 14.6. The van der Waals surface area contributed by atoms with Crippen molar-refractivity contribution in [3.8, 4) is 0 Å². The third-order valence-electron chi connectivity index (χ3n) is 3.95. The predicted molar refractivity (Wildman–Crippen MR) is 115 cm³/mol. The number of rotatable bonds is 5. The highest BCUT2D eigenvalue weighted by Gasteiger charge is 2.31. The molecule has 0 saturated carbocycles. The monoisotopic (exact) mass is 465 g/mol. The highest BCUT2D eigenvalue weighted by atomic mass is 35.5. The Morgan fingerprint density at radius 3 is 2.58 bits per heavy atom. The molecule has 0 saturated heterocycles. The van der Waals surface area contributed by atoms with Crippen molar-refractivity contribution in [3.05, 3.63) is 76.3 Å². The first-order valence-corrected chi connectivity index (χ1v) is 10.1. The quantitative estimate of drug-likeness (QED) is 0.459. The minimum Gasteiger partial charge on any atom is -0.322 e. The zero-order chi connectivity index (χ0) is 22.6. The van der Waals surface area contributed by atoms with Gasteiger partial charge in [-0.1, -0.05) is 23.7 Å². The molecule has 1 heterocycles. The van der Waals surface area contributed by atoms with Crippen LogP contribution in [0.15, 0.2) is 60.0 Å². The van der Waals surface area contributed by atoms with E-state index in [0.717, 1.165) is 28.4 Å². The number of thiazole rings is 1. The molecule has 0 fully saturated rings. The van der Waals surface area contributed by atoms with Gasteiger partial charge >= 0.3 is 6.18 Å². The summed E-state index contributed by atoms with van der Waals surface area (Å²) in [5.41, 5.74) is 0.0735. The molecule has 31 heavy (non-hydrogen) atoms. The van der Waals surface area contributed by atoms with Gasteiger partial charge < -0.3 is 5.32 Å². The highest BCUT2D eigenvalue weighted by molar-refractivity contribution is 7.14. The van der Waals surface area contributed by atoms with E-state index >= 15 is 0 Å². The number of anilines is 3. The molecule has 0 aliphatic carbocycles. The van der Waals surface area contributed by atoms with Crippen molar-refractivity contribution in [1.29, 1.82) is 0 Å². The van der Waals surface area contributed by atoms with Gasteiger partial charge in [0, 0.05) is 29.1 Å². The van der Waals surface area contributed by atoms with Gasteiger partial charge in [-0.05, 0) is 42.5 Å². The number of carbonyl (C=O) groups excluding carboxylic acids is 2. The van der Waals surface area contributed by atoms with Gasteiger partial charge in [-0.3, -0.25) is 14.5 Å². The second-order valence-corrected chi connectivity index (χ2v) is 7.56. The summed E-state index contributed by atoms with van der Waals surface area (Å²) in [6, 6.07) is 11.1. The van der Waals surface area contributed by atoms with E-state index in [1.165, 1.54) is 31.2 Å². The Balaban J connectivity index is 1.78. The Morgan fingerprint density at radius 2 is 1.90 bits per heavy atom. The Labute approximate surface area is 184 Å². The van der Waals surface area contributed by atoms with E-state index in [1.54, 1.807) is 29.6 Å². The maximum atomic E-state index is 13.0. The van der Waals surface area contributed by atoms with Gasteiger partial charge in [-0.2, -0.15) is 13.2 Å². The third-order valence-corrected chi connectivity index (χ3v) is 5.02. The summed E-state index contributed by atoms with van der Waals surface area (Å²) in [6.45, 7) is 1.23. The van der Waals surface area contributed by atoms with Gasteiger partial charge in [0.05, 0.1) is 16.9 Å². The zero-order valence-electron chi connectivity index (χ0n) is 16.0. The fraction of sp³-hybridized carbons (Fsp3) is 0.0952. The summed E-state index contributed by atoms with van der Waals surface area (Å²) in [5, 5.41) is 4.89. The fourth-order valence-electron chi connectivity index (χ4n) is 2.61. The van der Waals surface area contributed by atoms with Crippen LogP contribution in [0.1, 0.15) is 18.2 Å². The molecular formula is C21H15ClF3N3O2S. The van der Waals surface area contributed by atoms with Gasteiger partial charge in [0.15, 0.2) is 5.13 Å². The van der Waals surface area contributed by atoms with Crippen LogP contribution in [0.5, 0.6) is 0 Å². The van der Waals surface area contributed by atoms with Crippen LogP contribution in [0.3, 0.4) is 0 Å². The lowest BCUT2D eigenvalue weighted by atomic mass is 10.2. The number of amides is 2. The van der Waals surface area contributed by atoms with Crippen molar-refractivity contribution >= 4 is 57.3 Å². The number of carbonyl (C=O) groups is 2. The molecule has 0 spiro atoms. The number of hydrogen-bond donors (Lipinski definition) is 1. The van der Waals surface area contributed by atoms with Crippen molar-refractivity contribution in [3.63, 3.8) is 0 Å². The van der Waals surface area contributed by atoms with E-state index in [0.29, 0.717) is 16.4 Å². The van der Waals surface area contributed by atoms with Crippen molar-refractivity contribution in [2.45, 2.75) is 13.1 Å². The van der Waals surface area contributed by atoms with Gasteiger partial charge in [-0.15, -0.1) is 11.3 Å². The van der Waals surface area contributed by atoms with Crippen LogP contribution in [0.4, 0.5) is 29.7 Å². The van der Waals surface area contributed by atoms with Gasteiger partial charge in [0.2, 0.25) is 11.8 Å². The highest BCUT2D eigenvalue weighted by Crippen LogP contribution is 2.35. The summed E-state index contributed by atoms with van der Waals surface area (Å²) < 4.78 is 39.1. The number of alkyl halides is 3. The van der Waals surface area contributed by atoms with Crippen molar-refractivity contribution in [2.75, 3.05) is 10.2 Å². The molecule has 0 radical (unpaired) electrons. The predicted octanol–water partition coefficient (Wildman–Crippen LogP) is 6.15. The lowest BCUT2D eigenvalue weighted by Crippen LogP contribution is -2.23.